The third-order valence-electron chi connectivity index (χ3n) is 4.27. The molecule has 3 N–H and O–H groups in total. The molecule has 2 rings (SSSR count). The van der Waals surface area contributed by atoms with Crippen molar-refractivity contribution in [1.82, 2.24) is 20.4 Å². The highest BCUT2D eigenvalue weighted by Gasteiger charge is 2.25. The molecule has 0 saturated heterocycles. The van der Waals surface area contributed by atoms with Gasteiger partial charge < -0.3 is 25.2 Å². The van der Waals surface area contributed by atoms with Crippen LogP contribution in [0.5, 0.6) is 11.5 Å². The van der Waals surface area contributed by atoms with E-state index < -0.39 is 5.60 Å². The number of rotatable bonds is 9. The fourth-order valence-electron chi connectivity index (χ4n) is 2.72. The molecule has 2 aromatic rings. The minimum atomic E-state index is -1.09. The number of nitrogens with one attached hydrogen (secondary N) is 2. The number of hydrogen-bond donors (Lipinski definition) is 3. The van der Waals surface area contributed by atoms with Crippen LogP contribution in [0.15, 0.2) is 29.5 Å². The molecule has 10 heteroatoms. The highest BCUT2D eigenvalue weighted by atomic mass is 127. The molecule has 0 amide bonds. The van der Waals surface area contributed by atoms with Gasteiger partial charge in [0.05, 0.1) is 38.0 Å². The smallest absolute Gasteiger partial charge is 0.191 e. The molecule has 0 aliphatic carbocycles. The Morgan fingerprint density at radius 1 is 1.33 bits per heavy atom. The first kappa shape index (κ1) is 26.3. The summed E-state index contributed by atoms with van der Waals surface area (Å²) in [7, 11) is 3.39. The number of ether oxygens (including phenoxy) is 2. The third-order valence-corrected chi connectivity index (χ3v) is 4.55. The molecular weight excluding hydrogens is 521 g/mol. The molecule has 0 radical (unpaired) electrons. The van der Waals surface area contributed by atoms with Gasteiger partial charge in [-0.05, 0) is 38.5 Å². The molecule has 1 atom stereocenters. The number of aliphatic imine (C=N–C) groups is 1. The van der Waals surface area contributed by atoms with Gasteiger partial charge >= 0.3 is 0 Å². The summed E-state index contributed by atoms with van der Waals surface area (Å²) in [6, 6.07) is 3.67. The summed E-state index contributed by atoms with van der Waals surface area (Å²) in [5, 5.41) is 21.7. The van der Waals surface area contributed by atoms with E-state index in [2.05, 4.69) is 20.7 Å². The van der Waals surface area contributed by atoms with Crippen molar-refractivity contribution in [3.8, 4) is 11.5 Å². The monoisotopic (exact) mass is 551 g/mol. The predicted molar refractivity (Wildman–Crippen MR) is 130 cm³/mol. The molecule has 8 nitrogen and oxygen atoms in total. The average molecular weight is 552 g/mol. The molecule has 1 aromatic carbocycles. The van der Waals surface area contributed by atoms with Crippen LogP contribution in [0.25, 0.3) is 0 Å². The van der Waals surface area contributed by atoms with Crippen molar-refractivity contribution in [2.75, 3.05) is 26.8 Å². The molecule has 0 fully saturated rings. The zero-order valence-corrected chi connectivity index (χ0v) is 21.1. The summed E-state index contributed by atoms with van der Waals surface area (Å²) in [5.74, 6) is 1.68. The lowest BCUT2D eigenvalue weighted by atomic mass is 10.00. The first-order valence-electron chi connectivity index (χ1n) is 9.53. The Labute approximate surface area is 200 Å². The standard InChI is InChI=1S/C20H30ClN5O3.HI/c1-6-22-19(24-13-20(3,27)15-11-25-26(4)12-15)23-10-14-8-16(21)18(29-7-2)17(9-14)28-5;/h8-9,11-12,27H,6-7,10,13H2,1-5H3,(H2,22,23,24);1H. The van der Waals surface area contributed by atoms with Gasteiger partial charge in [0.1, 0.15) is 5.60 Å². The second kappa shape index (κ2) is 12.2. The van der Waals surface area contributed by atoms with Crippen molar-refractivity contribution in [3.63, 3.8) is 0 Å². The van der Waals surface area contributed by atoms with E-state index in [-0.39, 0.29) is 30.5 Å². The molecule has 0 bridgehead atoms. The van der Waals surface area contributed by atoms with Crippen LogP contribution in [0, 0.1) is 0 Å². The van der Waals surface area contributed by atoms with E-state index in [1.807, 2.05) is 33.0 Å². The van der Waals surface area contributed by atoms with Gasteiger partial charge in [-0.25, -0.2) is 4.99 Å². The fraction of sp³-hybridized carbons (Fsp3) is 0.500. The van der Waals surface area contributed by atoms with Crippen molar-refractivity contribution < 1.29 is 14.6 Å². The van der Waals surface area contributed by atoms with Gasteiger partial charge in [-0.2, -0.15) is 5.10 Å². The third kappa shape index (κ3) is 7.21. The van der Waals surface area contributed by atoms with E-state index >= 15 is 0 Å². The Morgan fingerprint density at radius 2 is 2.07 bits per heavy atom. The molecule has 0 saturated carbocycles. The Morgan fingerprint density at radius 3 is 2.63 bits per heavy atom. The maximum absolute atomic E-state index is 10.7. The maximum atomic E-state index is 10.7. The van der Waals surface area contributed by atoms with E-state index in [1.54, 1.807) is 31.1 Å². The number of aromatic nitrogens is 2. The van der Waals surface area contributed by atoms with Crippen LogP contribution < -0.4 is 20.1 Å². The van der Waals surface area contributed by atoms with Crippen LogP contribution >= 0.6 is 35.6 Å². The summed E-state index contributed by atoms with van der Waals surface area (Å²) in [5.41, 5.74) is 0.522. The van der Waals surface area contributed by atoms with Gasteiger partial charge in [0.15, 0.2) is 17.5 Å². The summed E-state index contributed by atoms with van der Waals surface area (Å²) in [6.45, 7) is 7.45. The van der Waals surface area contributed by atoms with Crippen LogP contribution in [0.1, 0.15) is 31.9 Å². The minimum Gasteiger partial charge on any atom is -0.493 e. The second-order valence-electron chi connectivity index (χ2n) is 6.77. The molecule has 168 valence electrons. The van der Waals surface area contributed by atoms with E-state index in [0.29, 0.717) is 42.2 Å². The lowest BCUT2D eigenvalue weighted by Crippen LogP contribution is -2.44. The highest BCUT2D eigenvalue weighted by molar-refractivity contribution is 14.0. The van der Waals surface area contributed by atoms with Crippen LogP contribution in [-0.2, 0) is 19.2 Å². The molecule has 30 heavy (non-hydrogen) atoms. The van der Waals surface area contributed by atoms with Gasteiger partial charge in [-0.15, -0.1) is 24.0 Å². The van der Waals surface area contributed by atoms with Crippen molar-refractivity contribution >= 4 is 41.5 Å². The van der Waals surface area contributed by atoms with Crippen LogP contribution in [0.3, 0.4) is 0 Å². The van der Waals surface area contributed by atoms with Gasteiger partial charge in [0.2, 0.25) is 0 Å². The van der Waals surface area contributed by atoms with Gasteiger partial charge in [0.25, 0.3) is 0 Å². The molecule has 0 aliphatic heterocycles. The zero-order chi connectivity index (χ0) is 21.4. The molecule has 1 heterocycles. The number of nitrogens with zero attached hydrogens (tertiary/aromatic N) is 3. The number of hydrogen-bond acceptors (Lipinski definition) is 5. The summed E-state index contributed by atoms with van der Waals surface area (Å²) in [6.07, 6.45) is 3.44. The van der Waals surface area contributed by atoms with Gasteiger partial charge in [-0.3, -0.25) is 4.68 Å². The number of guanidine groups is 1. The van der Waals surface area contributed by atoms with Crippen LogP contribution in [0.2, 0.25) is 5.02 Å². The lowest BCUT2D eigenvalue weighted by molar-refractivity contribution is 0.0616. The molecule has 1 unspecified atom stereocenters. The quantitative estimate of drug-likeness (QED) is 0.252. The van der Waals surface area contributed by atoms with E-state index in [1.165, 1.54) is 0 Å². The van der Waals surface area contributed by atoms with Crippen molar-refractivity contribution in [2.24, 2.45) is 12.0 Å². The Hall–Kier alpha value is -1.72. The zero-order valence-electron chi connectivity index (χ0n) is 18.0. The Kier molecular flexibility index (Phi) is 10.7. The predicted octanol–water partition coefficient (Wildman–Crippen LogP) is 3.06. The fourth-order valence-corrected chi connectivity index (χ4v) is 3.01. The first-order chi connectivity index (χ1) is 13.8. The van der Waals surface area contributed by atoms with Crippen molar-refractivity contribution in [2.45, 2.75) is 32.9 Å². The molecule has 1 aromatic heterocycles. The number of methoxy groups -OCH3 is 1. The van der Waals surface area contributed by atoms with Gasteiger partial charge in [0, 0.05) is 25.4 Å². The first-order valence-corrected chi connectivity index (χ1v) is 9.91. The SMILES string of the molecule is CCNC(=NCc1cc(Cl)c(OCC)c(OC)c1)NCC(C)(O)c1cnn(C)c1.I. The van der Waals surface area contributed by atoms with E-state index in [4.69, 9.17) is 21.1 Å². The topological polar surface area (TPSA) is 92.9 Å². The molecular formula is C20H31ClIN5O3. The minimum absolute atomic E-state index is 0. The normalized spacial score (nSPS) is 13.2. The van der Waals surface area contributed by atoms with E-state index in [0.717, 1.165) is 11.1 Å². The van der Waals surface area contributed by atoms with Crippen molar-refractivity contribution in [3.05, 3.63) is 40.7 Å². The molecule has 0 aliphatic rings. The second-order valence-corrected chi connectivity index (χ2v) is 7.17. The van der Waals surface area contributed by atoms with Crippen molar-refractivity contribution in [1.29, 1.82) is 0 Å². The van der Waals surface area contributed by atoms with Crippen LogP contribution in [0.4, 0.5) is 0 Å². The summed E-state index contributed by atoms with van der Waals surface area (Å²) in [4.78, 5) is 4.59. The number of benzene rings is 1. The highest BCUT2D eigenvalue weighted by Crippen LogP contribution is 2.36. The largest absolute Gasteiger partial charge is 0.493 e. The van der Waals surface area contributed by atoms with Crippen LogP contribution in [-0.4, -0.2) is 47.7 Å². The Bertz CT molecular complexity index is 842. The molecule has 0 spiro atoms. The summed E-state index contributed by atoms with van der Waals surface area (Å²) < 4.78 is 12.6. The Balaban J connectivity index is 0.00000450. The maximum Gasteiger partial charge on any atom is 0.191 e. The van der Waals surface area contributed by atoms with E-state index in [9.17, 15) is 5.11 Å². The number of aryl methyl sites for hydroxylation is 1. The summed E-state index contributed by atoms with van der Waals surface area (Å²) >= 11 is 6.33. The lowest BCUT2D eigenvalue weighted by Gasteiger charge is -2.23. The average Bonchev–Trinajstić information content (AvgIpc) is 3.13. The number of halogens is 2. The number of aliphatic hydroxyl groups is 1. The van der Waals surface area contributed by atoms with Gasteiger partial charge in [-0.1, -0.05) is 11.6 Å².